The Morgan fingerprint density at radius 2 is 1.66 bits per heavy atom. The number of hydrogen-bond acceptors (Lipinski definition) is 7. The molecule has 0 bridgehead atoms. The molecule has 3 aromatic rings. The van der Waals surface area contributed by atoms with Crippen molar-refractivity contribution in [2.45, 2.75) is 18.8 Å². The third kappa shape index (κ3) is 5.76. The normalized spacial score (nSPS) is 12.5. The molecular weight excluding hydrogens is 416 g/mol. The van der Waals surface area contributed by atoms with E-state index in [0.29, 0.717) is 5.69 Å². The maximum atomic E-state index is 12.3. The Balaban J connectivity index is 1.62. The summed E-state index contributed by atoms with van der Waals surface area (Å²) in [5, 5.41) is 23.1. The minimum Gasteiger partial charge on any atom is -0.376 e. The van der Waals surface area contributed by atoms with Gasteiger partial charge in [-0.05, 0) is 35.4 Å². The zero-order valence-corrected chi connectivity index (χ0v) is 16.8. The van der Waals surface area contributed by atoms with Gasteiger partial charge in [-0.25, -0.2) is 10.5 Å². The van der Waals surface area contributed by atoms with Crippen LogP contribution in [0.4, 0.5) is 5.69 Å². The molecule has 2 atom stereocenters. The fourth-order valence-corrected chi connectivity index (χ4v) is 2.91. The quantitative estimate of drug-likeness (QED) is 0.164. The summed E-state index contributed by atoms with van der Waals surface area (Å²) in [7, 11) is 0. The summed E-state index contributed by atoms with van der Waals surface area (Å²) in [4.78, 5) is 39.7. The molecule has 7 N–H and O–H groups in total. The topological polar surface area (TPSA) is 172 Å². The van der Waals surface area contributed by atoms with E-state index in [4.69, 9.17) is 10.9 Å². The number of nitrogens with two attached hydrogens (primary N) is 1. The summed E-state index contributed by atoms with van der Waals surface area (Å²) in [6.45, 7) is 0.160. The number of nitrogens with zero attached hydrogens (tertiary/aromatic N) is 2. The molecule has 1 aromatic heterocycles. The van der Waals surface area contributed by atoms with Crippen LogP contribution in [0.3, 0.4) is 0 Å². The summed E-state index contributed by atoms with van der Waals surface area (Å²) in [6.07, 6.45) is 3.17. The van der Waals surface area contributed by atoms with Gasteiger partial charge in [0.2, 0.25) is 5.91 Å². The van der Waals surface area contributed by atoms with Crippen molar-refractivity contribution in [1.29, 1.82) is 0 Å². The predicted octanol–water partition coefficient (Wildman–Crippen LogP) is 0.0697. The van der Waals surface area contributed by atoms with Crippen LogP contribution in [-0.2, 0) is 16.1 Å². The first-order chi connectivity index (χ1) is 15.4. The molecule has 0 saturated carbocycles. The number of carbonyl (C=O) groups is 3. The van der Waals surface area contributed by atoms with Gasteiger partial charge in [0.25, 0.3) is 11.8 Å². The Morgan fingerprint density at radius 3 is 2.19 bits per heavy atom. The van der Waals surface area contributed by atoms with Gasteiger partial charge < -0.3 is 26.0 Å². The van der Waals surface area contributed by atoms with Crippen molar-refractivity contribution in [3.8, 4) is 11.1 Å². The van der Waals surface area contributed by atoms with Crippen LogP contribution < -0.4 is 21.8 Å². The van der Waals surface area contributed by atoms with Crippen LogP contribution in [0.15, 0.2) is 67.3 Å². The van der Waals surface area contributed by atoms with E-state index in [-0.39, 0.29) is 18.0 Å². The second-order valence-electron chi connectivity index (χ2n) is 6.86. The van der Waals surface area contributed by atoms with Gasteiger partial charge in [-0.3, -0.25) is 19.6 Å². The van der Waals surface area contributed by atoms with E-state index in [0.717, 1.165) is 11.1 Å². The molecule has 0 aliphatic heterocycles. The Labute approximate surface area is 182 Å². The van der Waals surface area contributed by atoms with Crippen LogP contribution in [0, 0.1) is 0 Å². The number of amides is 3. The highest BCUT2D eigenvalue weighted by Gasteiger charge is 2.26. The number of rotatable bonds is 8. The van der Waals surface area contributed by atoms with Crippen molar-refractivity contribution in [3.63, 3.8) is 0 Å². The lowest BCUT2D eigenvalue weighted by Crippen LogP contribution is -2.55. The van der Waals surface area contributed by atoms with E-state index in [1.807, 2.05) is 12.1 Å². The van der Waals surface area contributed by atoms with E-state index >= 15 is 0 Å². The summed E-state index contributed by atoms with van der Waals surface area (Å²) >= 11 is 0. The number of nitrogens with one attached hydrogen (secondary N) is 3. The first-order valence-electron chi connectivity index (χ1n) is 9.52. The van der Waals surface area contributed by atoms with Gasteiger partial charge in [0.1, 0.15) is 18.8 Å². The predicted molar refractivity (Wildman–Crippen MR) is 114 cm³/mol. The van der Waals surface area contributed by atoms with E-state index < -0.39 is 24.1 Å². The summed E-state index contributed by atoms with van der Waals surface area (Å²) < 4.78 is 1.66. The number of benzene rings is 2. The molecule has 2 aromatic carbocycles. The molecule has 11 nitrogen and oxygen atoms in total. The third-order valence-electron chi connectivity index (χ3n) is 4.56. The van der Waals surface area contributed by atoms with Crippen LogP contribution in [0.1, 0.15) is 10.4 Å². The highest BCUT2D eigenvalue weighted by atomic mass is 16.5. The van der Waals surface area contributed by atoms with Gasteiger partial charge in [-0.15, -0.1) is 0 Å². The van der Waals surface area contributed by atoms with Gasteiger partial charge in [-0.2, -0.15) is 0 Å². The molecule has 11 heteroatoms. The van der Waals surface area contributed by atoms with Gasteiger partial charge >= 0.3 is 0 Å². The molecule has 0 saturated heterocycles. The largest absolute Gasteiger partial charge is 0.376 e. The van der Waals surface area contributed by atoms with E-state index in [2.05, 4.69) is 15.6 Å². The first kappa shape index (κ1) is 22.6. The lowest BCUT2D eigenvalue weighted by molar-refractivity contribution is -0.133. The lowest BCUT2D eigenvalue weighted by Gasteiger charge is -2.19. The van der Waals surface area contributed by atoms with Crippen molar-refractivity contribution in [2.75, 3.05) is 5.32 Å². The molecule has 166 valence electrons. The van der Waals surface area contributed by atoms with E-state index in [9.17, 15) is 19.5 Å². The van der Waals surface area contributed by atoms with Crippen LogP contribution >= 0.6 is 0 Å². The summed E-state index contributed by atoms with van der Waals surface area (Å²) in [5.41, 5.74) is 9.14. The molecular formula is C21H22N6O5. The number of carbonyl (C=O) groups excluding carboxylic acids is 3. The number of imidazole rings is 1. The second kappa shape index (κ2) is 10.3. The number of hydrogen-bond donors (Lipinski definition) is 6. The van der Waals surface area contributed by atoms with Gasteiger partial charge in [-0.1, -0.05) is 24.3 Å². The zero-order chi connectivity index (χ0) is 23.1. The molecule has 0 unspecified atom stereocenters. The minimum absolute atomic E-state index is 0.160. The van der Waals surface area contributed by atoms with Crippen LogP contribution in [-0.4, -0.2) is 49.9 Å². The van der Waals surface area contributed by atoms with Gasteiger partial charge in [0.05, 0.1) is 6.33 Å². The fraction of sp³-hybridized carbons (Fsp3) is 0.143. The van der Waals surface area contributed by atoms with Crippen molar-refractivity contribution >= 4 is 23.4 Å². The van der Waals surface area contributed by atoms with Crippen molar-refractivity contribution in [3.05, 3.63) is 72.8 Å². The molecule has 32 heavy (non-hydrogen) atoms. The van der Waals surface area contributed by atoms with Gasteiger partial charge in [0.15, 0.2) is 0 Å². The van der Waals surface area contributed by atoms with Gasteiger partial charge in [0, 0.05) is 23.6 Å². The molecule has 3 amide bonds. The number of aliphatic hydroxyl groups excluding tert-OH is 1. The first-order valence-corrected chi connectivity index (χ1v) is 9.52. The lowest BCUT2D eigenvalue weighted by atomic mass is 10.0. The Bertz CT molecular complexity index is 1070. The molecule has 0 aliphatic rings. The summed E-state index contributed by atoms with van der Waals surface area (Å²) in [6, 6.07) is 12.2. The Kier molecular flexibility index (Phi) is 7.29. The van der Waals surface area contributed by atoms with Crippen molar-refractivity contribution in [1.82, 2.24) is 20.3 Å². The fourth-order valence-electron chi connectivity index (χ4n) is 2.91. The third-order valence-corrected chi connectivity index (χ3v) is 4.56. The van der Waals surface area contributed by atoms with Crippen molar-refractivity contribution in [2.24, 2.45) is 5.73 Å². The number of anilines is 1. The zero-order valence-electron chi connectivity index (χ0n) is 16.8. The molecule has 0 radical (unpaired) electrons. The Morgan fingerprint density at radius 1 is 1.03 bits per heavy atom. The molecule has 0 aliphatic carbocycles. The summed E-state index contributed by atoms with van der Waals surface area (Å²) in [5.74, 6) is -1.87. The van der Waals surface area contributed by atoms with Crippen LogP contribution in [0.5, 0.6) is 0 Å². The minimum atomic E-state index is -1.69. The SMILES string of the molecule is N[C@@H](O)[C@H](NC(=O)c1ccc(-c2ccc(NC(=O)Cn3ccnc3)cc2)cc1)C(=O)NO. The maximum Gasteiger partial charge on any atom is 0.270 e. The second-order valence-corrected chi connectivity index (χ2v) is 6.86. The number of aliphatic hydroxyl groups is 1. The van der Waals surface area contributed by atoms with E-state index in [1.165, 1.54) is 5.48 Å². The smallest absolute Gasteiger partial charge is 0.270 e. The number of aromatic nitrogens is 2. The standard InChI is InChI=1S/C21H22N6O5/c22-19(29)18(21(31)26-32)25-20(30)15-3-1-13(2-4-15)14-5-7-16(8-6-14)24-17(28)11-27-10-9-23-12-27/h1-10,12,18-19,29,32H,11,22H2,(H,24,28)(H,25,30)(H,26,31)/t18-,19-/m0/s1. The molecule has 3 rings (SSSR count). The highest BCUT2D eigenvalue weighted by Crippen LogP contribution is 2.22. The molecule has 0 spiro atoms. The van der Waals surface area contributed by atoms with Crippen LogP contribution in [0.25, 0.3) is 11.1 Å². The van der Waals surface area contributed by atoms with Crippen molar-refractivity contribution < 1.29 is 24.7 Å². The molecule has 0 fully saturated rings. The average molecular weight is 438 g/mol. The van der Waals surface area contributed by atoms with Crippen LogP contribution in [0.2, 0.25) is 0 Å². The monoisotopic (exact) mass is 438 g/mol. The maximum absolute atomic E-state index is 12.3. The highest BCUT2D eigenvalue weighted by molar-refractivity contribution is 5.98. The Hall–Kier alpha value is -4.06. The van der Waals surface area contributed by atoms with E-state index in [1.54, 1.807) is 59.7 Å². The average Bonchev–Trinajstić information content (AvgIpc) is 3.30. The number of hydroxylamine groups is 1. The molecule has 1 heterocycles.